The smallest absolute Gasteiger partial charge is 0.339 e. The molecule has 4 rings (SSSR count). The van der Waals surface area contributed by atoms with Crippen molar-refractivity contribution < 1.29 is 18.7 Å². The third-order valence-corrected chi connectivity index (χ3v) is 5.07. The van der Waals surface area contributed by atoms with Gasteiger partial charge in [-0.05, 0) is 47.8 Å². The van der Waals surface area contributed by atoms with Gasteiger partial charge in [-0.1, -0.05) is 18.2 Å². The van der Waals surface area contributed by atoms with Crippen LogP contribution in [-0.4, -0.2) is 33.8 Å². The maximum atomic E-state index is 13.3. The number of carbonyl (C=O) groups is 2. The largest absolute Gasteiger partial charge is 0.465 e. The molecule has 0 aliphatic carbocycles. The van der Waals surface area contributed by atoms with E-state index in [1.165, 1.54) is 35.3 Å². The van der Waals surface area contributed by atoms with Crippen molar-refractivity contribution >= 4 is 28.9 Å². The first kappa shape index (κ1) is 19.5. The molecule has 0 radical (unpaired) electrons. The molecule has 0 bridgehead atoms. The average Bonchev–Trinajstić information content (AvgIpc) is 3.44. The van der Waals surface area contributed by atoms with Crippen LogP contribution in [0.25, 0.3) is 16.4 Å². The van der Waals surface area contributed by atoms with Gasteiger partial charge in [-0.2, -0.15) is 0 Å². The molecule has 2 aromatic carbocycles. The topological polar surface area (TPSA) is 86.1 Å². The average molecular weight is 422 g/mol. The SMILES string of the molecule is COC(=O)c1ccccc1NC(=O)c1nc(-c2cccs2)n(-c2ccc(F)cc2)n1. The van der Waals surface area contributed by atoms with E-state index in [2.05, 4.69) is 15.4 Å². The predicted molar refractivity (Wildman–Crippen MR) is 110 cm³/mol. The highest BCUT2D eigenvalue weighted by Gasteiger charge is 2.21. The Morgan fingerprint density at radius 1 is 1.07 bits per heavy atom. The number of methoxy groups -OCH3 is 1. The lowest BCUT2D eigenvalue weighted by Crippen LogP contribution is -2.17. The third kappa shape index (κ3) is 3.83. The summed E-state index contributed by atoms with van der Waals surface area (Å²) in [6.45, 7) is 0. The van der Waals surface area contributed by atoms with Crippen LogP contribution < -0.4 is 5.32 Å². The maximum Gasteiger partial charge on any atom is 0.339 e. The van der Waals surface area contributed by atoms with E-state index >= 15 is 0 Å². The number of hydrogen-bond acceptors (Lipinski definition) is 6. The van der Waals surface area contributed by atoms with Gasteiger partial charge >= 0.3 is 5.97 Å². The van der Waals surface area contributed by atoms with E-state index in [-0.39, 0.29) is 22.9 Å². The molecule has 150 valence electrons. The van der Waals surface area contributed by atoms with E-state index in [9.17, 15) is 14.0 Å². The molecular formula is C21H15FN4O3S. The van der Waals surface area contributed by atoms with Gasteiger partial charge in [0.25, 0.3) is 5.91 Å². The molecular weight excluding hydrogens is 407 g/mol. The molecule has 0 spiro atoms. The van der Waals surface area contributed by atoms with Crippen molar-refractivity contribution in [2.75, 3.05) is 12.4 Å². The quantitative estimate of drug-likeness (QED) is 0.488. The van der Waals surface area contributed by atoms with Crippen molar-refractivity contribution in [1.29, 1.82) is 0 Å². The molecule has 7 nitrogen and oxygen atoms in total. The summed E-state index contributed by atoms with van der Waals surface area (Å²) >= 11 is 1.44. The van der Waals surface area contributed by atoms with Crippen LogP contribution in [0.2, 0.25) is 0 Å². The highest BCUT2D eigenvalue weighted by atomic mass is 32.1. The molecule has 4 aromatic rings. The summed E-state index contributed by atoms with van der Waals surface area (Å²) in [4.78, 5) is 30.0. The van der Waals surface area contributed by atoms with Crippen LogP contribution in [0.1, 0.15) is 21.0 Å². The second-order valence-corrected chi connectivity index (χ2v) is 7.06. The number of esters is 1. The Hall–Kier alpha value is -3.85. The highest BCUT2D eigenvalue weighted by molar-refractivity contribution is 7.13. The normalized spacial score (nSPS) is 10.6. The minimum absolute atomic E-state index is 0.0950. The number of hydrogen-bond donors (Lipinski definition) is 1. The second kappa shape index (κ2) is 8.26. The Morgan fingerprint density at radius 2 is 1.83 bits per heavy atom. The summed E-state index contributed by atoms with van der Waals surface area (Å²) in [6, 6.07) is 15.9. The van der Waals surface area contributed by atoms with Crippen molar-refractivity contribution in [2.24, 2.45) is 0 Å². The van der Waals surface area contributed by atoms with Crippen LogP contribution in [0, 0.1) is 5.82 Å². The molecule has 0 aliphatic rings. The fraction of sp³-hybridized carbons (Fsp3) is 0.0476. The number of nitrogens with one attached hydrogen (secondary N) is 1. The zero-order valence-electron chi connectivity index (χ0n) is 15.7. The van der Waals surface area contributed by atoms with Crippen LogP contribution in [0.15, 0.2) is 66.0 Å². The molecule has 9 heteroatoms. The van der Waals surface area contributed by atoms with Gasteiger partial charge in [0.05, 0.1) is 28.9 Å². The summed E-state index contributed by atoms with van der Waals surface area (Å²) in [6.07, 6.45) is 0. The Balaban J connectivity index is 1.72. The molecule has 0 aliphatic heterocycles. The number of nitrogens with zero attached hydrogens (tertiary/aromatic N) is 3. The maximum absolute atomic E-state index is 13.3. The number of thiophene rings is 1. The zero-order valence-corrected chi connectivity index (χ0v) is 16.5. The van der Waals surface area contributed by atoms with Gasteiger partial charge < -0.3 is 10.1 Å². The molecule has 1 N–H and O–H groups in total. The Kier molecular flexibility index (Phi) is 5.36. The Labute approximate surface area is 174 Å². The summed E-state index contributed by atoms with van der Waals surface area (Å²) in [5.41, 5.74) is 1.05. The Morgan fingerprint density at radius 3 is 2.53 bits per heavy atom. The minimum Gasteiger partial charge on any atom is -0.465 e. The number of carbonyl (C=O) groups excluding carboxylic acids is 2. The third-order valence-electron chi connectivity index (χ3n) is 4.20. The molecule has 0 saturated carbocycles. The van der Waals surface area contributed by atoms with Crippen molar-refractivity contribution in [3.8, 4) is 16.4 Å². The summed E-state index contributed by atoms with van der Waals surface area (Å²) in [7, 11) is 1.26. The molecule has 0 saturated heterocycles. The van der Waals surface area contributed by atoms with Crippen molar-refractivity contribution in [2.45, 2.75) is 0 Å². The van der Waals surface area contributed by atoms with Gasteiger partial charge in [0.2, 0.25) is 5.82 Å². The summed E-state index contributed by atoms with van der Waals surface area (Å²) < 4.78 is 19.6. The van der Waals surface area contributed by atoms with Crippen LogP contribution in [-0.2, 0) is 4.74 Å². The lowest BCUT2D eigenvalue weighted by molar-refractivity contribution is 0.0602. The van der Waals surface area contributed by atoms with E-state index in [0.717, 1.165) is 4.88 Å². The van der Waals surface area contributed by atoms with Crippen LogP contribution in [0.5, 0.6) is 0 Å². The second-order valence-electron chi connectivity index (χ2n) is 6.12. The fourth-order valence-corrected chi connectivity index (χ4v) is 3.49. The van der Waals surface area contributed by atoms with Gasteiger partial charge in [-0.25, -0.2) is 18.9 Å². The summed E-state index contributed by atoms with van der Waals surface area (Å²) in [5, 5.41) is 8.85. The van der Waals surface area contributed by atoms with Gasteiger partial charge in [-0.3, -0.25) is 4.79 Å². The van der Waals surface area contributed by atoms with E-state index < -0.39 is 11.9 Å². The first-order chi connectivity index (χ1) is 14.6. The number of ether oxygens (including phenoxy) is 1. The number of benzene rings is 2. The van der Waals surface area contributed by atoms with E-state index in [4.69, 9.17) is 4.74 Å². The lowest BCUT2D eigenvalue weighted by Gasteiger charge is -2.07. The molecule has 1 amide bonds. The molecule has 2 heterocycles. The van der Waals surface area contributed by atoms with Gasteiger partial charge in [0.15, 0.2) is 5.82 Å². The van der Waals surface area contributed by atoms with Crippen molar-refractivity contribution in [3.63, 3.8) is 0 Å². The monoisotopic (exact) mass is 422 g/mol. The number of rotatable bonds is 5. The molecule has 0 unspecified atom stereocenters. The molecule has 30 heavy (non-hydrogen) atoms. The Bertz CT molecular complexity index is 1200. The number of halogens is 1. The molecule has 0 atom stereocenters. The molecule has 0 fully saturated rings. The van der Waals surface area contributed by atoms with Gasteiger partial charge in [0.1, 0.15) is 5.82 Å². The lowest BCUT2D eigenvalue weighted by atomic mass is 10.2. The van der Waals surface area contributed by atoms with Crippen molar-refractivity contribution in [3.05, 3.63) is 83.2 Å². The predicted octanol–water partition coefficient (Wildman–Crippen LogP) is 4.17. The number of aromatic nitrogens is 3. The van der Waals surface area contributed by atoms with E-state index in [1.807, 2.05) is 17.5 Å². The first-order valence-electron chi connectivity index (χ1n) is 8.82. The van der Waals surface area contributed by atoms with Gasteiger partial charge in [-0.15, -0.1) is 16.4 Å². The fourth-order valence-electron chi connectivity index (χ4n) is 2.79. The van der Waals surface area contributed by atoms with Gasteiger partial charge in [0, 0.05) is 0 Å². The highest BCUT2D eigenvalue weighted by Crippen LogP contribution is 2.26. The number of amides is 1. The van der Waals surface area contributed by atoms with E-state index in [0.29, 0.717) is 11.5 Å². The first-order valence-corrected chi connectivity index (χ1v) is 9.70. The van der Waals surface area contributed by atoms with Crippen molar-refractivity contribution in [1.82, 2.24) is 14.8 Å². The zero-order chi connectivity index (χ0) is 21.1. The number of anilines is 1. The molecule has 2 aromatic heterocycles. The van der Waals surface area contributed by atoms with E-state index in [1.54, 1.807) is 36.4 Å². The van der Waals surface area contributed by atoms with Crippen LogP contribution in [0.4, 0.5) is 10.1 Å². The standard InChI is InChI=1S/C21H15FN4O3S/c1-29-21(28)15-5-2-3-6-16(15)23-20(27)18-24-19(17-7-4-12-30-17)26(25-18)14-10-8-13(22)9-11-14/h2-12H,1H3,(H,23,27). The van der Waals surface area contributed by atoms with Crippen LogP contribution in [0.3, 0.4) is 0 Å². The van der Waals surface area contributed by atoms with Crippen LogP contribution >= 0.6 is 11.3 Å². The summed E-state index contributed by atoms with van der Waals surface area (Å²) in [5.74, 6) is -1.20. The minimum atomic E-state index is -0.593. The number of para-hydroxylation sites is 1.